The van der Waals surface area contributed by atoms with Crippen LogP contribution in [0.1, 0.15) is 0 Å². The van der Waals surface area contributed by atoms with Gasteiger partial charge in [-0.25, -0.2) is 13.2 Å². The first-order valence-corrected chi connectivity index (χ1v) is 11.1. The van der Waals surface area contributed by atoms with Crippen LogP contribution in [0.2, 0.25) is 0 Å². The van der Waals surface area contributed by atoms with Crippen LogP contribution in [0.4, 0.5) is 13.2 Å². The summed E-state index contributed by atoms with van der Waals surface area (Å²) in [5, 5.41) is 2.96. The Morgan fingerprint density at radius 2 is 0.880 bits per heavy atom. The van der Waals surface area contributed by atoms with E-state index in [4.69, 9.17) is 0 Å². The molecule has 0 unspecified atom stereocenters. The van der Waals surface area contributed by atoms with Gasteiger partial charge in [-0.1, -0.05) is 0 Å². The lowest BCUT2D eigenvalue weighted by Gasteiger charge is -2.26. The van der Waals surface area contributed by atoms with Crippen molar-refractivity contribution in [2.45, 2.75) is 0 Å². The Balaban J connectivity index is 2.28. The average molecular weight is 377 g/mol. The third-order valence-electron chi connectivity index (χ3n) is 4.12. The first kappa shape index (κ1) is 18.0. The van der Waals surface area contributed by atoms with Crippen LogP contribution in [-0.4, -0.2) is 11.7 Å². The lowest BCUT2D eigenvalue weighted by atomic mass is 10.3. The summed E-state index contributed by atoms with van der Waals surface area (Å²) in [5.41, 5.74) is 0.760. The molecular formula is C20H17F3PS+. The smallest absolute Gasteiger partial charge is 0.123 e. The number of rotatable bonds is 5. The van der Waals surface area contributed by atoms with Gasteiger partial charge in [0.1, 0.15) is 46.1 Å². The van der Waals surface area contributed by atoms with Crippen LogP contribution in [0.15, 0.2) is 72.8 Å². The lowest BCUT2D eigenvalue weighted by molar-refractivity contribution is 0.628. The first-order valence-electron chi connectivity index (χ1n) is 7.72. The summed E-state index contributed by atoms with van der Waals surface area (Å²) in [6.07, 6.45) is 2.01. The summed E-state index contributed by atoms with van der Waals surface area (Å²) < 4.78 is 40.4. The second kappa shape index (κ2) is 7.63. The SMILES string of the molecule is CSC[P+](c1ccc(F)cc1)(c1ccc(F)cc1)c1ccc(F)cc1. The second-order valence-corrected chi connectivity index (χ2v) is 10.4. The summed E-state index contributed by atoms with van der Waals surface area (Å²) in [6, 6.07) is 19.4. The van der Waals surface area contributed by atoms with Crippen LogP contribution < -0.4 is 15.9 Å². The number of thioether (sulfide) groups is 1. The van der Waals surface area contributed by atoms with Crippen molar-refractivity contribution in [1.82, 2.24) is 0 Å². The van der Waals surface area contributed by atoms with Gasteiger partial charge in [0.2, 0.25) is 0 Å². The van der Waals surface area contributed by atoms with Gasteiger partial charge in [0, 0.05) is 0 Å². The van der Waals surface area contributed by atoms with Gasteiger partial charge < -0.3 is 0 Å². The lowest BCUT2D eigenvalue weighted by Crippen LogP contribution is -2.32. The van der Waals surface area contributed by atoms with E-state index in [-0.39, 0.29) is 17.5 Å². The molecule has 0 aliphatic carbocycles. The summed E-state index contributed by atoms with van der Waals surface area (Å²) in [4.78, 5) is 0. The Kier molecular flexibility index (Phi) is 5.51. The Hall–Kier alpha value is -1.77. The predicted molar refractivity (Wildman–Crippen MR) is 103 cm³/mol. The van der Waals surface area contributed by atoms with Gasteiger partial charge in [0.15, 0.2) is 0 Å². The van der Waals surface area contributed by atoms with Crippen LogP contribution in [0.25, 0.3) is 0 Å². The molecule has 3 aromatic rings. The van der Waals surface area contributed by atoms with Crippen LogP contribution in [0.5, 0.6) is 0 Å². The molecule has 0 heterocycles. The van der Waals surface area contributed by atoms with E-state index in [9.17, 15) is 13.2 Å². The quantitative estimate of drug-likeness (QED) is 0.580. The number of benzene rings is 3. The van der Waals surface area contributed by atoms with Crippen molar-refractivity contribution in [2.75, 3.05) is 11.7 Å². The molecule has 0 aliphatic heterocycles. The summed E-state index contributed by atoms with van der Waals surface area (Å²) in [5.74, 6) is -0.905. The van der Waals surface area contributed by atoms with Gasteiger partial charge in [0.05, 0.1) is 0 Å². The molecule has 25 heavy (non-hydrogen) atoms. The highest BCUT2D eigenvalue weighted by atomic mass is 32.2. The largest absolute Gasteiger partial charge is 0.207 e. The zero-order chi connectivity index (χ0) is 17.9. The van der Waals surface area contributed by atoms with Gasteiger partial charge in [0.25, 0.3) is 0 Å². The molecule has 3 rings (SSSR count). The molecule has 0 aliphatic rings. The molecule has 0 radical (unpaired) electrons. The summed E-state index contributed by atoms with van der Waals surface area (Å²) >= 11 is 1.67. The molecule has 0 spiro atoms. The van der Waals surface area contributed by atoms with Crippen molar-refractivity contribution < 1.29 is 13.2 Å². The molecule has 0 fully saturated rings. The Morgan fingerprint density at radius 3 is 1.12 bits per heavy atom. The molecule has 128 valence electrons. The minimum atomic E-state index is -2.15. The average Bonchev–Trinajstić information content (AvgIpc) is 2.62. The Morgan fingerprint density at radius 1 is 0.600 bits per heavy atom. The zero-order valence-electron chi connectivity index (χ0n) is 13.6. The van der Waals surface area contributed by atoms with E-state index in [2.05, 4.69) is 0 Å². The van der Waals surface area contributed by atoms with Gasteiger partial charge in [-0.3, -0.25) is 0 Å². The van der Waals surface area contributed by atoms with E-state index < -0.39 is 7.26 Å². The van der Waals surface area contributed by atoms with E-state index in [0.717, 1.165) is 21.4 Å². The van der Waals surface area contributed by atoms with Crippen molar-refractivity contribution in [3.63, 3.8) is 0 Å². The number of hydrogen-bond donors (Lipinski definition) is 0. The molecule has 0 bridgehead atoms. The highest BCUT2D eigenvalue weighted by Crippen LogP contribution is 2.57. The van der Waals surface area contributed by atoms with Gasteiger partial charge in [-0.05, 0) is 79.1 Å². The Labute approximate surface area is 150 Å². The molecule has 0 N–H and O–H groups in total. The van der Waals surface area contributed by atoms with Crippen molar-refractivity contribution in [2.24, 2.45) is 0 Å². The fraction of sp³-hybridized carbons (Fsp3) is 0.100. The maximum Gasteiger partial charge on any atom is 0.123 e. The highest BCUT2D eigenvalue weighted by Gasteiger charge is 2.45. The Bertz CT molecular complexity index is 719. The minimum Gasteiger partial charge on any atom is -0.207 e. The van der Waals surface area contributed by atoms with Crippen LogP contribution in [0.3, 0.4) is 0 Å². The summed E-state index contributed by atoms with van der Waals surface area (Å²) in [7, 11) is -2.15. The molecule has 0 saturated carbocycles. The molecule has 0 saturated heterocycles. The molecule has 0 amide bonds. The van der Waals surface area contributed by atoms with E-state index in [1.807, 2.05) is 6.26 Å². The molecule has 5 heteroatoms. The van der Waals surface area contributed by atoms with Crippen molar-refractivity contribution in [3.05, 3.63) is 90.2 Å². The second-order valence-electron chi connectivity index (χ2n) is 5.66. The maximum absolute atomic E-state index is 13.5. The standard InChI is InChI=1S/C20H17F3PS/c1-25-14-24(18-8-2-15(21)3-9-18,19-10-4-16(22)5-11-19)20-12-6-17(23)7-13-20/h2-13H,14H2,1H3/q+1. The monoisotopic (exact) mass is 377 g/mol. The van der Waals surface area contributed by atoms with E-state index in [1.165, 1.54) is 36.4 Å². The minimum absolute atomic E-state index is 0.302. The van der Waals surface area contributed by atoms with Crippen LogP contribution in [-0.2, 0) is 0 Å². The van der Waals surface area contributed by atoms with Crippen molar-refractivity contribution in [3.8, 4) is 0 Å². The fourth-order valence-electron chi connectivity index (χ4n) is 2.95. The molecular weight excluding hydrogens is 360 g/mol. The maximum atomic E-state index is 13.5. The van der Waals surface area contributed by atoms with Crippen molar-refractivity contribution in [1.29, 1.82) is 0 Å². The number of hydrogen-bond acceptors (Lipinski definition) is 1. The van der Waals surface area contributed by atoms with Crippen molar-refractivity contribution >= 4 is 34.9 Å². The van der Waals surface area contributed by atoms with Gasteiger partial charge >= 0.3 is 0 Å². The molecule has 0 nitrogen and oxygen atoms in total. The highest BCUT2D eigenvalue weighted by molar-refractivity contribution is 8.12. The van der Waals surface area contributed by atoms with E-state index in [0.29, 0.717) is 0 Å². The van der Waals surface area contributed by atoms with Gasteiger partial charge in [-0.15, -0.1) is 11.8 Å². The van der Waals surface area contributed by atoms with Crippen LogP contribution >= 0.6 is 19.0 Å². The van der Waals surface area contributed by atoms with Crippen LogP contribution in [0, 0.1) is 17.5 Å². The third kappa shape index (κ3) is 3.61. The molecule has 0 atom stereocenters. The first-order chi connectivity index (χ1) is 12.1. The molecule has 0 aromatic heterocycles. The summed E-state index contributed by atoms with van der Waals surface area (Å²) in [6.45, 7) is 0. The number of halogens is 3. The normalized spacial score (nSPS) is 11.5. The fourth-order valence-corrected chi connectivity index (χ4v) is 9.16. The van der Waals surface area contributed by atoms with Gasteiger partial charge in [-0.2, -0.15) is 0 Å². The third-order valence-corrected chi connectivity index (χ3v) is 10.2. The van der Waals surface area contributed by atoms with E-state index in [1.54, 1.807) is 48.2 Å². The molecule has 3 aromatic carbocycles. The van der Waals surface area contributed by atoms with E-state index >= 15 is 0 Å². The topological polar surface area (TPSA) is 0 Å². The zero-order valence-corrected chi connectivity index (χ0v) is 15.3. The predicted octanol–water partition coefficient (Wildman–Crippen LogP) is 4.72.